The molecule has 1 saturated carbocycles. The van der Waals surface area contributed by atoms with Crippen LogP contribution >= 0.6 is 11.6 Å². The summed E-state index contributed by atoms with van der Waals surface area (Å²) < 4.78 is 34.3. The van der Waals surface area contributed by atoms with Gasteiger partial charge in [-0.2, -0.15) is 0 Å². The van der Waals surface area contributed by atoms with E-state index >= 15 is 0 Å². The Labute approximate surface area is 153 Å². The summed E-state index contributed by atoms with van der Waals surface area (Å²) in [5, 5.41) is 2.46. The van der Waals surface area contributed by atoms with Gasteiger partial charge in [0.25, 0.3) is 11.9 Å². The molecule has 1 unspecified atom stereocenters. The van der Waals surface area contributed by atoms with Gasteiger partial charge in [-0.25, -0.2) is 13.8 Å². The number of ether oxygens (including phenoxy) is 1. The third-order valence-corrected chi connectivity index (χ3v) is 5.08. The molecule has 134 valence electrons. The van der Waals surface area contributed by atoms with Crippen molar-refractivity contribution in [3.05, 3.63) is 70.5 Å². The number of rotatable bonds is 3. The molecule has 4 rings (SSSR count). The first-order valence-electron chi connectivity index (χ1n) is 8.18. The minimum Gasteiger partial charge on any atom is -0.461 e. The van der Waals surface area contributed by atoms with Crippen molar-refractivity contribution in [3.63, 3.8) is 0 Å². The van der Waals surface area contributed by atoms with Crippen LogP contribution in [-0.4, -0.2) is 24.7 Å². The maximum Gasteiger partial charge on any atom is 0.292 e. The predicted molar refractivity (Wildman–Crippen MR) is 93.4 cm³/mol. The fraction of sp³-hybridized carbons (Fsp3) is 0.263. The number of hydrogen-bond acceptors (Lipinski definition) is 3. The highest BCUT2D eigenvalue weighted by molar-refractivity contribution is 6.30. The molecular weight excluding hydrogens is 362 g/mol. The smallest absolute Gasteiger partial charge is 0.292 e. The average Bonchev–Trinajstić information content (AvgIpc) is 3.44. The Morgan fingerprint density at radius 2 is 2.04 bits per heavy atom. The van der Waals surface area contributed by atoms with E-state index in [4.69, 9.17) is 16.3 Å². The number of hydrogen-bond donors (Lipinski definition) is 1. The fourth-order valence-corrected chi connectivity index (χ4v) is 3.53. The maximum absolute atomic E-state index is 14.6. The highest BCUT2D eigenvalue weighted by Crippen LogP contribution is 2.54. The molecule has 1 aliphatic heterocycles. The number of halogens is 3. The van der Waals surface area contributed by atoms with Crippen LogP contribution in [0, 0.1) is 11.7 Å². The van der Waals surface area contributed by atoms with Gasteiger partial charge in [0.1, 0.15) is 24.1 Å². The summed E-state index contributed by atoms with van der Waals surface area (Å²) in [5.41, 5.74) is -0.955. The zero-order chi connectivity index (χ0) is 18.3. The summed E-state index contributed by atoms with van der Waals surface area (Å²) in [4.78, 5) is 16.6. The van der Waals surface area contributed by atoms with Crippen LogP contribution in [0.5, 0.6) is 0 Å². The van der Waals surface area contributed by atoms with Gasteiger partial charge in [-0.15, -0.1) is 0 Å². The highest BCUT2D eigenvalue weighted by Gasteiger charge is 2.60. The number of alkyl halides is 1. The molecule has 1 aliphatic carbocycles. The molecule has 1 fully saturated rings. The SMILES string of the molecule is O=C(NC1=N[C@](CF)(c2cccc(Cl)c2F)[C@H]2CC2O1)c1ccccc1. The zero-order valence-electron chi connectivity index (χ0n) is 13.6. The standard InChI is InChI=1S/C19H15ClF2N2O2/c20-14-8-4-7-12(16(14)22)19(10-21)13-9-15(13)26-18(24-19)23-17(25)11-5-2-1-3-6-11/h1-8,13,15H,9-10H2,(H,23,24,25)/t13-,15?,19+/m0/s1. The number of amidine groups is 1. The predicted octanol–water partition coefficient (Wildman–Crippen LogP) is 3.85. The molecule has 2 aromatic carbocycles. The molecule has 1 N–H and O–H groups in total. The average molecular weight is 377 g/mol. The van der Waals surface area contributed by atoms with Crippen molar-refractivity contribution in [2.75, 3.05) is 6.67 Å². The lowest BCUT2D eigenvalue weighted by Gasteiger charge is -2.32. The summed E-state index contributed by atoms with van der Waals surface area (Å²) in [6.45, 7) is -0.917. The molecule has 7 heteroatoms. The highest BCUT2D eigenvalue weighted by atomic mass is 35.5. The minimum absolute atomic E-state index is 0.0785. The largest absolute Gasteiger partial charge is 0.461 e. The number of nitrogens with one attached hydrogen (secondary N) is 1. The lowest BCUT2D eigenvalue weighted by molar-refractivity contribution is 0.0950. The fourth-order valence-electron chi connectivity index (χ4n) is 3.35. The second-order valence-corrected chi connectivity index (χ2v) is 6.80. The van der Waals surface area contributed by atoms with Gasteiger partial charge in [0.2, 0.25) is 0 Å². The summed E-state index contributed by atoms with van der Waals surface area (Å²) in [6, 6.07) is 12.8. The van der Waals surface area contributed by atoms with E-state index in [1.165, 1.54) is 12.1 Å². The van der Waals surface area contributed by atoms with E-state index in [1.807, 2.05) is 0 Å². The molecule has 2 aromatic rings. The van der Waals surface area contributed by atoms with E-state index in [0.717, 1.165) is 0 Å². The van der Waals surface area contributed by atoms with Crippen LogP contribution in [0.25, 0.3) is 0 Å². The number of aliphatic imine (C=N–C) groups is 1. The van der Waals surface area contributed by atoms with Gasteiger partial charge in [-0.3, -0.25) is 10.1 Å². The summed E-state index contributed by atoms with van der Waals surface area (Å²) in [5.74, 6) is -1.42. The van der Waals surface area contributed by atoms with Gasteiger partial charge in [0.05, 0.1) is 5.02 Å². The molecule has 1 heterocycles. The monoisotopic (exact) mass is 376 g/mol. The van der Waals surface area contributed by atoms with Crippen molar-refractivity contribution in [1.82, 2.24) is 5.32 Å². The van der Waals surface area contributed by atoms with Gasteiger partial charge in [0.15, 0.2) is 0 Å². The van der Waals surface area contributed by atoms with Crippen LogP contribution in [-0.2, 0) is 10.3 Å². The van der Waals surface area contributed by atoms with E-state index in [9.17, 15) is 13.6 Å². The summed E-state index contributed by atoms with van der Waals surface area (Å²) >= 11 is 5.87. The third kappa shape index (κ3) is 2.74. The molecule has 2 aliphatic rings. The van der Waals surface area contributed by atoms with Crippen molar-refractivity contribution in [3.8, 4) is 0 Å². The quantitative estimate of drug-likeness (QED) is 0.884. The Hall–Kier alpha value is -2.47. The van der Waals surface area contributed by atoms with E-state index in [2.05, 4.69) is 10.3 Å². The Morgan fingerprint density at radius 1 is 1.27 bits per heavy atom. The van der Waals surface area contributed by atoms with Crippen molar-refractivity contribution in [2.24, 2.45) is 10.9 Å². The van der Waals surface area contributed by atoms with Gasteiger partial charge in [-0.1, -0.05) is 41.9 Å². The molecule has 0 radical (unpaired) electrons. The number of fused-ring (bicyclic) bond motifs is 1. The van der Waals surface area contributed by atoms with Crippen LogP contribution in [0.2, 0.25) is 5.02 Å². The number of carbonyl (C=O) groups excluding carboxylic acids is 1. The Morgan fingerprint density at radius 3 is 2.77 bits per heavy atom. The topological polar surface area (TPSA) is 50.7 Å². The Bertz CT molecular complexity index is 890. The normalized spacial score (nSPS) is 26.3. The van der Waals surface area contributed by atoms with Gasteiger partial charge in [0, 0.05) is 17.0 Å². The van der Waals surface area contributed by atoms with Crippen molar-refractivity contribution in [2.45, 2.75) is 18.1 Å². The second-order valence-electron chi connectivity index (χ2n) is 6.39. The number of benzene rings is 2. The molecule has 0 bridgehead atoms. The lowest BCUT2D eigenvalue weighted by atomic mass is 9.85. The first-order chi connectivity index (χ1) is 12.5. The third-order valence-electron chi connectivity index (χ3n) is 4.79. The van der Waals surface area contributed by atoms with Crippen LogP contribution < -0.4 is 5.32 Å². The van der Waals surface area contributed by atoms with E-state index in [0.29, 0.717) is 12.0 Å². The number of amides is 1. The van der Waals surface area contributed by atoms with Gasteiger partial charge >= 0.3 is 0 Å². The van der Waals surface area contributed by atoms with Crippen LogP contribution in [0.1, 0.15) is 22.3 Å². The number of nitrogens with zero attached hydrogens (tertiary/aromatic N) is 1. The van der Waals surface area contributed by atoms with E-state index in [1.54, 1.807) is 36.4 Å². The Balaban J connectivity index is 1.70. The van der Waals surface area contributed by atoms with Gasteiger partial charge in [-0.05, 0) is 24.6 Å². The van der Waals surface area contributed by atoms with Crippen LogP contribution in [0.3, 0.4) is 0 Å². The van der Waals surface area contributed by atoms with Crippen molar-refractivity contribution >= 4 is 23.5 Å². The maximum atomic E-state index is 14.6. The second kappa shape index (κ2) is 6.36. The van der Waals surface area contributed by atoms with E-state index in [-0.39, 0.29) is 28.6 Å². The van der Waals surface area contributed by atoms with Crippen LogP contribution in [0.15, 0.2) is 53.5 Å². The molecule has 3 atom stereocenters. The molecule has 26 heavy (non-hydrogen) atoms. The summed E-state index contributed by atoms with van der Waals surface area (Å²) in [7, 11) is 0. The zero-order valence-corrected chi connectivity index (χ0v) is 14.3. The minimum atomic E-state index is -1.45. The lowest BCUT2D eigenvalue weighted by Crippen LogP contribution is -2.43. The number of carbonyl (C=O) groups is 1. The van der Waals surface area contributed by atoms with Crippen LogP contribution in [0.4, 0.5) is 8.78 Å². The Kier molecular flexibility index (Phi) is 4.15. The first kappa shape index (κ1) is 17.0. The molecule has 0 saturated heterocycles. The van der Waals surface area contributed by atoms with E-state index < -0.39 is 23.9 Å². The molecule has 1 amide bonds. The summed E-state index contributed by atoms with van der Waals surface area (Å²) in [6.07, 6.45) is 0.220. The molecule has 0 spiro atoms. The van der Waals surface area contributed by atoms with Crippen molar-refractivity contribution in [1.29, 1.82) is 0 Å². The first-order valence-corrected chi connectivity index (χ1v) is 8.56. The molecule has 4 nitrogen and oxygen atoms in total. The van der Waals surface area contributed by atoms with Gasteiger partial charge < -0.3 is 4.74 Å². The van der Waals surface area contributed by atoms with Crippen molar-refractivity contribution < 1.29 is 18.3 Å². The molecular formula is C19H15ClF2N2O2. The molecule has 0 aromatic heterocycles.